The van der Waals surface area contributed by atoms with E-state index in [4.69, 9.17) is 23.2 Å². The van der Waals surface area contributed by atoms with Gasteiger partial charge in [-0.05, 0) is 0 Å². The van der Waals surface area contributed by atoms with Crippen LogP contribution in [-0.4, -0.2) is 24.3 Å². The molecule has 0 spiro atoms. The summed E-state index contributed by atoms with van der Waals surface area (Å²) in [7, 11) is 0. The maximum atomic E-state index is 10.7. The Kier molecular flexibility index (Phi) is 5.45. The van der Waals surface area contributed by atoms with Crippen LogP contribution in [-0.2, 0) is 9.53 Å². The van der Waals surface area contributed by atoms with Gasteiger partial charge in [-0.1, -0.05) is 6.58 Å². The fourth-order valence-electron chi connectivity index (χ4n) is 0.288. The lowest BCUT2D eigenvalue weighted by Crippen LogP contribution is -2.09. The van der Waals surface area contributed by atoms with Gasteiger partial charge in [-0.25, -0.2) is 4.79 Å². The highest BCUT2D eigenvalue weighted by Crippen LogP contribution is 1.96. The van der Waals surface area contributed by atoms with Crippen molar-refractivity contribution in [2.45, 2.75) is 0 Å². The first-order valence-corrected chi connectivity index (χ1v) is 3.76. The second kappa shape index (κ2) is 5.57. The molecule has 0 bridgehead atoms. The number of halogens is 2. The second-order valence-corrected chi connectivity index (χ2v) is 2.21. The number of carbonyl (C=O) groups excluding carboxylic acids is 1. The Balaban J connectivity index is 3.52. The van der Waals surface area contributed by atoms with Crippen LogP contribution in [0.2, 0.25) is 0 Å². The highest BCUT2D eigenvalue weighted by atomic mass is 35.5. The van der Waals surface area contributed by atoms with Crippen LogP contribution in [0.3, 0.4) is 0 Å². The zero-order valence-corrected chi connectivity index (χ0v) is 6.91. The van der Waals surface area contributed by atoms with E-state index in [0.717, 1.165) is 0 Å². The van der Waals surface area contributed by atoms with E-state index in [1.54, 1.807) is 0 Å². The normalized spacial score (nSPS) is 9.00. The van der Waals surface area contributed by atoms with E-state index in [-0.39, 0.29) is 18.1 Å². The number of ether oxygens (including phenoxy) is 1. The highest BCUT2D eigenvalue weighted by molar-refractivity contribution is 6.22. The van der Waals surface area contributed by atoms with Crippen molar-refractivity contribution >= 4 is 29.2 Å². The molecule has 0 unspecified atom stereocenters. The molecule has 0 atom stereocenters. The molecule has 2 nitrogen and oxygen atoms in total. The summed E-state index contributed by atoms with van der Waals surface area (Å²) in [6.07, 6.45) is 0. The lowest BCUT2D eigenvalue weighted by molar-refractivity contribution is -0.138. The van der Waals surface area contributed by atoms with Crippen LogP contribution >= 0.6 is 23.2 Å². The topological polar surface area (TPSA) is 26.3 Å². The maximum absolute atomic E-state index is 10.7. The van der Waals surface area contributed by atoms with Crippen LogP contribution in [0.15, 0.2) is 12.2 Å². The van der Waals surface area contributed by atoms with E-state index < -0.39 is 5.97 Å². The molecule has 0 fully saturated rings. The Morgan fingerprint density at radius 1 is 1.50 bits per heavy atom. The van der Waals surface area contributed by atoms with Gasteiger partial charge in [0.2, 0.25) is 0 Å². The van der Waals surface area contributed by atoms with Gasteiger partial charge in [-0.2, -0.15) is 0 Å². The van der Waals surface area contributed by atoms with Gasteiger partial charge in [0.1, 0.15) is 6.61 Å². The highest BCUT2D eigenvalue weighted by Gasteiger charge is 2.04. The summed E-state index contributed by atoms with van der Waals surface area (Å²) < 4.78 is 4.59. The molecule has 0 rings (SSSR count). The third kappa shape index (κ3) is 3.75. The molecule has 0 aliphatic rings. The third-order valence-electron chi connectivity index (χ3n) is 0.760. The van der Waals surface area contributed by atoms with Gasteiger partial charge in [0.05, 0.1) is 11.8 Å². The Hall–Kier alpha value is -0.210. The van der Waals surface area contributed by atoms with Gasteiger partial charge in [0.25, 0.3) is 0 Å². The summed E-state index contributed by atoms with van der Waals surface area (Å²) in [4.78, 5) is 10.7. The SMILES string of the molecule is C=C(CCl)C(=O)OCCCl. The zero-order valence-electron chi connectivity index (χ0n) is 5.40. The molecular formula is C6H8Cl2O2. The van der Waals surface area contributed by atoms with Crippen molar-refractivity contribution in [3.05, 3.63) is 12.2 Å². The molecule has 0 aromatic heterocycles. The Morgan fingerprint density at radius 2 is 2.10 bits per heavy atom. The van der Waals surface area contributed by atoms with E-state index in [9.17, 15) is 4.79 Å². The lowest BCUT2D eigenvalue weighted by Gasteiger charge is -2.00. The molecule has 0 aliphatic carbocycles. The summed E-state index contributed by atoms with van der Waals surface area (Å²) >= 11 is 10.5. The van der Waals surface area contributed by atoms with Gasteiger partial charge < -0.3 is 4.74 Å². The van der Waals surface area contributed by atoms with Crippen molar-refractivity contribution in [3.8, 4) is 0 Å². The van der Waals surface area contributed by atoms with Crippen molar-refractivity contribution in [1.29, 1.82) is 0 Å². The largest absolute Gasteiger partial charge is 0.461 e. The Morgan fingerprint density at radius 3 is 2.50 bits per heavy atom. The van der Waals surface area contributed by atoms with Gasteiger partial charge in [-0.15, -0.1) is 23.2 Å². The zero-order chi connectivity index (χ0) is 7.98. The van der Waals surface area contributed by atoms with E-state index in [1.165, 1.54) is 0 Å². The van der Waals surface area contributed by atoms with Gasteiger partial charge >= 0.3 is 5.97 Å². The van der Waals surface area contributed by atoms with Crippen LogP contribution in [0.4, 0.5) is 0 Å². The van der Waals surface area contributed by atoms with E-state index in [1.807, 2.05) is 0 Å². The average Bonchev–Trinajstić information content (AvgIpc) is 1.98. The quantitative estimate of drug-likeness (QED) is 0.375. The number of hydrogen-bond acceptors (Lipinski definition) is 2. The summed E-state index contributed by atoms with van der Waals surface area (Å²) in [6.45, 7) is 3.58. The van der Waals surface area contributed by atoms with Gasteiger partial charge in [0, 0.05) is 5.57 Å². The minimum Gasteiger partial charge on any atom is -0.461 e. The molecule has 58 valence electrons. The van der Waals surface area contributed by atoms with Crippen molar-refractivity contribution in [1.82, 2.24) is 0 Å². The predicted octanol–water partition coefficient (Wildman–Crippen LogP) is 1.56. The molecule has 0 aliphatic heterocycles. The molecule has 4 heteroatoms. The molecular weight excluding hydrogens is 175 g/mol. The molecule has 0 saturated heterocycles. The minimum atomic E-state index is -0.476. The van der Waals surface area contributed by atoms with E-state index >= 15 is 0 Å². The fraction of sp³-hybridized carbons (Fsp3) is 0.500. The predicted molar refractivity (Wildman–Crippen MR) is 41.5 cm³/mol. The summed E-state index contributed by atoms with van der Waals surface area (Å²) in [5, 5.41) is 0. The smallest absolute Gasteiger partial charge is 0.334 e. The van der Waals surface area contributed by atoms with Crippen LogP contribution in [0, 0.1) is 0 Å². The molecule has 0 saturated carbocycles. The monoisotopic (exact) mass is 182 g/mol. The van der Waals surface area contributed by atoms with E-state index in [0.29, 0.717) is 5.88 Å². The van der Waals surface area contributed by atoms with Crippen molar-refractivity contribution in [2.75, 3.05) is 18.4 Å². The van der Waals surface area contributed by atoms with Crippen LogP contribution in [0.5, 0.6) is 0 Å². The summed E-state index contributed by atoms with van der Waals surface area (Å²) in [5.41, 5.74) is 0.256. The summed E-state index contributed by atoms with van der Waals surface area (Å²) in [5.74, 6) is -0.0850. The minimum absolute atomic E-state index is 0.0983. The Labute approximate surface area is 69.8 Å². The molecule has 10 heavy (non-hydrogen) atoms. The number of hydrogen-bond donors (Lipinski definition) is 0. The number of alkyl halides is 2. The number of rotatable bonds is 4. The standard InChI is InChI=1S/C6H8Cl2O2/c1-5(4-8)6(9)10-3-2-7/h1-4H2. The van der Waals surface area contributed by atoms with Crippen LogP contribution < -0.4 is 0 Å². The average molecular weight is 183 g/mol. The first-order valence-electron chi connectivity index (χ1n) is 2.69. The van der Waals surface area contributed by atoms with Crippen molar-refractivity contribution in [3.63, 3.8) is 0 Å². The molecule has 0 radical (unpaired) electrons. The third-order valence-corrected chi connectivity index (χ3v) is 1.24. The van der Waals surface area contributed by atoms with Crippen LogP contribution in [0.1, 0.15) is 0 Å². The Bertz CT molecular complexity index is 134. The van der Waals surface area contributed by atoms with Gasteiger partial charge in [-0.3, -0.25) is 0 Å². The van der Waals surface area contributed by atoms with Crippen LogP contribution in [0.25, 0.3) is 0 Å². The number of esters is 1. The second-order valence-electron chi connectivity index (χ2n) is 1.56. The first kappa shape index (κ1) is 9.79. The molecule has 0 N–H and O–H groups in total. The maximum Gasteiger partial charge on any atom is 0.334 e. The molecule has 0 amide bonds. The molecule has 0 aromatic carbocycles. The fourth-order valence-corrected chi connectivity index (χ4v) is 0.474. The lowest BCUT2D eigenvalue weighted by atomic mass is 10.4. The molecule has 0 heterocycles. The summed E-state index contributed by atoms with van der Waals surface area (Å²) in [6, 6.07) is 0. The van der Waals surface area contributed by atoms with Crippen molar-refractivity contribution in [2.24, 2.45) is 0 Å². The molecule has 0 aromatic rings. The number of carbonyl (C=O) groups is 1. The van der Waals surface area contributed by atoms with E-state index in [2.05, 4.69) is 11.3 Å². The van der Waals surface area contributed by atoms with Crippen molar-refractivity contribution < 1.29 is 9.53 Å². The first-order chi connectivity index (χ1) is 4.72. The van der Waals surface area contributed by atoms with Gasteiger partial charge in [0.15, 0.2) is 0 Å².